The van der Waals surface area contributed by atoms with Crippen molar-refractivity contribution >= 4 is 0 Å². The summed E-state index contributed by atoms with van der Waals surface area (Å²) in [5.41, 5.74) is 0.434. The van der Waals surface area contributed by atoms with Gasteiger partial charge in [0.15, 0.2) is 0 Å². The van der Waals surface area contributed by atoms with Crippen molar-refractivity contribution < 1.29 is 0 Å². The van der Waals surface area contributed by atoms with E-state index in [1.165, 1.54) is 32.2 Å². The van der Waals surface area contributed by atoms with E-state index in [1.54, 1.807) is 0 Å². The number of rotatable bonds is 3. The molecule has 68 valence electrons. The second-order valence-electron chi connectivity index (χ2n) is 3.59. The first-order chi connectivity index (χ1) is 5.83. The Labute approximate surface area is 75.9 Å². The summed E-state index contributed by atoms with van der Waals surface area (Å²) in [6.45, 7) is 5.39. The first-order valence-electron chi connectivity index (χ1n) is 4.97. The summed E-state index contributed by atoms with van der Waals surface area (Å²) >= 11 is 0. The highest BCUT2D eigenvalue weighted by atomic mass is 15.0. The van der Waals surface area contributed by atoms with Gasteiger partial charge in [0.05, 0.1) is 0 Å². The molecule has 1 nitrogen and oxygen atoms in total. The standard InChI is InChI=1S/C11H19N/c1-3-5-6-8-11(4-2)9-7-10-12-11/h12H,4,6-10H2,1-2H3. The maximum atomic E-state index is 3.61. The van der Waals surface area contributed by atoms with Crippen LogP contribution in [0.4, 0.5) is 0 Å². The molecule has 0 amide bonds. The van der Waals surface area contributed by atoms with Gasteiger partial charge in [-0.2, -0.15) is 0 Å². The van der Waals surface area contributed by atoms with Crippen molar-refractivity contribution in [2.45, 2.75) is 51.5 Å². The molecule has 0 bridgehead atoms. The van der Waals surface area contributed by atoms with Crippen LogP contribution in [0.15, 0.2) is 0 Å². The zero-order valence-corrected chi connectivity index (χ0v) is 8.24. The topological polar surface area (TPSA) is 12.0 Å². The van der Waals surface area contributed by atoms with Crippen LogP contribution in [0.3, 0.4) is 0 Å². The highest BCUT2D eigenvalue weighted by Gasteiger charge is 2.30. The van der Waals surface area contributed by atoms with E-state index in [1.807, 2.05) is 6.92 Å². The molecule has 1 atom stereocenters. The molecule has 0 aromatic carbocycles. The van der Waals surface area contributed by atoms with Crippen LogP contribution in [0.1, 0.15) is 46.0 Å². The fraction of sp³-hybridized carbons (Fsp3) is 0.818. The van der Waals surface area contributed by atoms with Crippen molar-refractivity contribution in [3.05, 3.63) is 0 Å². The maximum Gasteiger partial charge on any atom is 0.0188 e. The molecule has 1 aliphatic rings. The molecule has 1 unspecified atom stereocenters. The lowest BCUT2D eigenvalue weighted by molar-refractivity contribution is 0.340. The molecular weight excluding hydrogens is 146 g/mol. The van der Waals surface area contributed by atoms with Gasteiger partial charge in [0.2, 0.25) is 0 Å². The van der Waals surface area contributed by atoms with Gasteiger partial charge in [-0.25, -0.2) is 0 Å². The number of hydrogen-bond donors (Lipinski definition) is 1. The lowest BCUT2D eigenvalue weighted by Gasteiger charge is -2.27. The maximum absolute atomic E-state index is 3.61. The van der Waals surface area contributed by atoms with E-state index in [9.17, 15) is 0 Å². The Morgan fingerprint density at radius 1 is 1.50 bits per heavy atom. The van der Waals surface area contributed by atoms with E-state index in [0.717, 1.165) is 6.42 Å². The number of hydrogen-bond acceptors (Lipinski definition) is 1. The van der Waals surface area contributed by atoms with E-state index < -0.39 is 0 Å². The summed E-state index contributed by atoms with van der Waals surface area (Å²) in [6.07, 6.45) is 6.21. The highest BCUT2D eigenvalue weighted by molar-refractivity contribution is 5.00. The van der Waals surface area contributed by atoms with Crippen molar-refractivity contribution in [1.29, 1.82) is 0 Å². The molecule has 1 rings (SSSR count). The van der Waals surface area contributed by atoms with E-state index in [4.69, 9.17) is 0 Å². The summed E-state index contributed by atoms with van der Waals surface area (Å²) in [7, 11) is 0. The third-order valence-corrected chi connectivity index (χ3v) is 2.91. The van der Waals surface area contributed by atoms with Crippen LogP contribution in [0.2, 0.25) is 0 Å². The van der Waals surface area contributed by atoms with Crippen molar-refractivity contribution in [1.82, 2.24) is 5.32 Å². The van der Waals surface area contributed by atoms with E-state index in [-0.39, 0.29) is 0 Å². The highest BCUT2D eigenvalue weighted by Crippen LogP contribution is 2.27. The van der Waals surface area contributed by atoms with Gasteiger partial charge in [0.25, 0.3) is 0 Å². The molecule has 0 saturated carbocycles. The summed E-state index contributed by atoms with van der Waals surface area (Å²) < 4.78 is 0. The lowest BCUT2D eigenvalue weighted by atomic mass is 9.89. The predicted molar refractivity (Wildman–Crippen MR) is 52.9 cm³/mol. The van der Waals surface area contributed by atoms with Crippen molar-refractivity contribution in [2.75, 3.05) is 6.54 Å². The Bertz CT molecular complexity index is 179. The summed E-state index contributed by atoms with van der Waals surface area (Å²) in [6, 6.07) is 0. The van der Waals surface area contributed by atoms with Gasteiger partial charge >= 0.3 is 0 Å². The monoisotopic (exact) mass is 165 g/mol. The van der Waals surface area contributed by atoms with Gasteiger partial charge in [0, 0.05) is 12.0 Å². The van der Waals surface area contributed by atoms with Crippen LogP contribution in [-0.4, -0.2) is 12.1 Å². The molecule has 1 saturated heterocycles. The fourth-order valence-corrected chi connectivity index (χ4v) is 1.99. The molecule has 1 fully saturated rings. The van der Waals surface area contributed by atoms with Crippen LogP contribution in [0.5, 0.6) is 0 Å². The average Bonchev–Trinajstić information content (AvgIpc) is 2.55. The molecule has 0 aliphatic carbocycles. The molecule has 12 heavy (non-hydrogen) atoms. The van der Waals surface area contributed by atoms with E-state index >= 15 is 0 Å². The Hall–Kier alpha value is -0.480. The minimum atomic E-state index is 0.434. The van der Waals surface area contributed by atoms with E-state index in [0.29, 0.717) is 5.54 Å². The zero-order chi connectivity index (χ0) is 8.86. The molecule has 1 heteroatoms. The van der Waals surface area contributed by atoms with Crippen molar-refractivity contribution in [3.63, 3.8) is 0 Å². The Morgan fingerprint density at radius 2 is 2.33 bits per heavy atom. The first kappa shape index (κ1) is 9.61. The minimum Gasteiger partial charge on any atom is -0.311 e. The van der Waals surface area contributed by atoms with Gasteiger partial charge in [-0.15, -0.1) is 11.8 Å². The Morgan fingerprint density at radius 3 is 2.83 bits per heavy atom. The van der Waals surface area contributed by atoms with Gasteiger partial charge in [-0.3, -0.25) is 0 Å². The second-order valence-corrected chi connectivity index (χ2v) is 3.59. The Balaban J connectivity index is 2.37. The first-order valence-corrected chi connectivity index (χ1v) is 4.97. The molecule has 1 aliphatic heterocycles. The SMILES string of the molecule is CC#CCCC1(CC)CCCN1. The third-order valence-electron chi connectivity index (χ3n) is 2.91. The normalized spacial score (nSPS) is 28.2. The summed E-state index contributed by atoms with van der Waals surface area (Å²) in [5.74, 6) is 6.10. The van der Waals surface area contributed by atoms with Crippen LogP contribution >= 0.6 is 0 Å². The van der Waals surface area contributed by atoms with Gasteiger partial charge in [-0.1, -0.05) is 6.92 Å². The summed E-state index contributed by atoms with van der Waals surface area (Å²) in [4.78, 5) is 0. The smallest absolute Gasteiger partial charge is 0.0188 e. The zero-order valence-electron chi connectivity index (χ0n) is 8.24. The van der Waals surface area contributed by atoms with Crippen molar-refractivity contribution in [2.24, 2.45) is 0 Å². The largest absolute Gasteiger partial charge is 0.311 e. The van der Waals surface area contributed by atoms with Crippen LogP contribution < -0.4 is 5.32 Å². The second kappa shape index (κ2) is 4.52. The molecule has 0 spiro atoms. The third kappa shape index (κ3) is 2.25. The van der Waals surface area contributed by atoms with Gasteiger partial charge in [0.1, 0.15) is 0 Å². The van der Waals surface area contributed by atoms with Crippen LogP contribution in [-0.2, 0) is 0 Å². The molecule has 0 aromatic heterocycles. The average molecular weight is 165 g/mol. The van der Waals surface area contributed by atoms with Gasteiger partial charge in [-0.05, 0) is 39.2 Å². The Kier molecular flexibility index (Phi) is 3.62. The fourth-order valence-electron chi connectivity index (χ4n) is 1.99. The number of nitrogens with one attached hydrogen (secondary N) is 1. The molecule has 1 N–H and O–H groups in total. The summed E-state index contributed by atoms with van der Waals surface area (Å²) in [5, 5.41) is 3.61. The van der Waals surface area contributed by atoms with Crippen molar-refractivity contribution in [3.8, 4) is 11.8 Å². The quantitative estimate of drug-likeness (QED) is 0.633. The molecule has 0 radical (unpaired) electrons. The molecule has 1 heterocycles. The van der Waals surface area contributed by atoms with Gasteiger partial charge < -0.3 is 5.32 Å². The van der Waals surface area contributed by atoms with Crippen LogP contribution in [0.25, 0.3) is 0 Å². The minimum absolute atomic E-state index is 0.434. The van der Waals surface area contributed by atoms with E-state index in [2.05, 4.69) is 24.1 Å². The molecular formula is C11H19N. The lowest BCUT2D eigenvalue weighted by Crippen LogP contribution is -2.38. The molecule has 0 aromatic rings. The van der Waals surface area contributed by atoms with Crippen LogP contribution in [0, 0.1) is 11.8 Å². The predicted octanol–water partition coefficient (Wildman–Crippen LogP) is 2.32.